The molecule has 0 fully saturated rings. The van der Waals surface area contributed by atoms with Crippen molar-refractivity contribution in [1.82, 2.24) is 0 Å². The van der Waals surface area contributed by atoms with E-state index in [-0.39, 0.29) is 5.60 Å². The van der Waals surface area contributed by atoms with E-state index in [1.807, 2.05) is 0 Å². The molecule has 0 spiro atoms. The minimum absolute atomic E-state index is 0.00439. The molecule has 2 heteroatoms. The van der Waals surface area contributed by atoms with Crippen LogP contribution in [0.25, 0.3) is 0 Å². The maximum atomic E-state index is 6.44. The lowest BCUT2D eigenvalue weighted by atomic mass is 9.82. The zero-order valence-corrected chi connectivity index (χ0v) is 22.3. The third-order valence-electron chi connectivity index (χ3n) is 7.12. The lowest BCUT2D eigenvalue weighted by Crippen LogP contribution is -2.35. The Morgan fingerprint density at radius 2 is 0.935 bits per heavy atom. The predicted octanol–water partition coefficient (Wildman–Crippen LogP) is 9.59. The van der Waals surface area contributed by atoms with Crippen LogP contribution in [0.1, 0.15) is 163 Å². The summed E-state index contributed by atoms with van der Waals surface area (Å²) in [4.78, 5) is 0. The number of ether oxygens (including phenoxy) is 1. The van der Waals surface area contributed by atoms with E-state index in [4.69, 9.17) is 10.5 Å². The molecule has 1 unspecified atom stereocenters. The highest BCUT2D eigenvalue weighted by Crippen LogP contribution is 2.31. The number of rotatable bonds is 25. The molecule has 0 saturated carbocycles. The molecule has 188 valence electrons. The van der Waals surface area contributed by atoms with Crippen LogP contribution in [0, 0.1) is 5.92 Å². The Morgan fingerprint density at radius 1 is 0.548 bits per heavy atom. The monoisotopic (exact) mass is 439 g/mol. The van der Waals surface area contributed by atoms with Gasteiger partial charge in [0.15, 0.2) is 0 Å². The normalized spacial score (nSPS) is 13.1. The topological polar surface area (TPSA) is 35.2 Å². The molecule has 2 N–H and O–H groups in total. The zero-order valence-electron chi connectivity index (χ0n) is 22.3. The van der Waals surface area contributed by atoms with Gasteiger partial charge >= 0.3 is 0 Å². The van der Waals surface area contributed by atoms with Crippen molar-refractivity contribution >= 4 is 0 Å². The molecule has 0 bridgehead atoms. The fourth-order valence-electron chi connectivity index (χ4n) is 4.77. The molecule has 0 aromatic heterocycles. The first-order chi connectivity index (χ1) is 15.1. The minimum atomic E-state index is -0.00439. The van der Waals surface area contributed by atoms with Crippen LogP contribution in [0.15, 0.2) is 0 Å². The number of hydrogen-bond donors (Lipinski definition) is 1. The van der Waals surface area contributed by atoms with Crippen LogP contribution in [0.5, 0.6) is 0 Å². The Morgan fingerprint density at radius 3 is 1.39 bits per heavy atom. The van der Waals surface area contributed by atoms with Crippen molar-refractivity contribution in [2.45, 2.75) is 168 Å². The molecule has 0 radical (unpaired) electrons. The van der Waals surface area contributed by atoms with Crippen LogP contribution < -0.4 is 5.73 Å². The lowest BCUT2D eigenvalue weighted by molar-refractivity contribution is -0.0671. The van der Waals surface area contributed by atoms with Gasteiger partial charge in [0.25, 0.3) is 0 Å². The maximum Gasteiger partial charge on any atom is 0.0654 e. The molecule has 0 aromatic rings. The van der Waals surface area contributed by atoms with Crippen LogP contribution in [0.4, 0.5) is 0 Å². The van der Waals surface area contributed by atoms with Crippen molar-refractivity contribution in [3.05, 3.63) is 0 Å². The second kappa shape index (κ2) is 23.1. The van der Waals surface area contributed by atoms with Gasteiger partial charge in [-0.25, -0.2) is 0 Å². The van der Waals surface area contributed by atoms with E-state index in [9.17, 15) is 0 Å². The molecule has 31 heavy (non-hydrogen) atoms. The van der Waals surface area contributed by atoms with Gasteiger partial charge in [-0.2, -0.15) is 0 Å². The first-order valence-corrected chi connectivity index (χ1v) is 14.4. The lowest BCUT2D eigenvalue weighted by Gasteiger charge is -2.35. The van der Waals surface area contributed by atoms with E-state index < -0.39 is 0 Å². The molecule has 0 aliphatic heterocycles. The SMILES string of the molecule is CCCCCCCCCCCCOC(C)(C)C(CCCN)CCCCCCCCCC. The molecule has 0 rings (SSSR count). The molecule has 1 atom stereocenters. The second-order valence-corrected chi connectivity index (χ2v) is 10.5. The summed E-state index contributed by atoms with van der Waals surface area (Å²) in [5.41, 5.74) is 5.82. The Hall–Kier alpha value is -0.0800. The molecule has 0 heterocycles. The van der Waals surface area contributed by atoms with E-state index >= 15 is 0 Å². The summed E-state index contributed by atoms with van der Waals surface area (Å²) in [5.74, 6) is 0.652. The average molecular weight is 440 g/mol. The molecule has 2 nitrogen and oxygen atoms in total. The van der Waals surface area contributed by atoms with Crippen LogP contribution >= 0.6 is 0 Å². The Kier molecular flexibility index (Phi) is 23.0. The Balaban J connectivity index is 3.89. The minimum Gasteiger partial charge on any atom is -0.375 e. The smallest absolute Gasteiger partial charge is 0.0654 e. The summed E-state index contributed by atoms with van der Waals surface area (Å²) < 4.78 is 6.44. The van der Waals surface area contributed by atoms with Gasteiger partial charge in [-0.3, -0.25) is 0 Å². The molecule has 0 aromatic carbocycles. The second-order valence-electron chi connectivity index (χ2n) is 10.5. The largest absolute Gasteiger partial charge is 0.375 e. The molecule has 0 saturated heterocycles. The van der Waals surface area contributed by atoms with Gasteiger partial charge in [-0.1, -0.05) is 123 Å². The van der Waals surface area contributed by atoms with Crippen LogP contribution in [0.3, 0.4) is 0 Å². The van der Waals surface area contributed by atoms with Gasteiger partial charge in [0.05, 0.1) is 5.60 Å². The fourth-order valence-corrected chi connectivity index (χ4v) is 4.77. The van der Waals surface area contributed by atoms with Crippen molar-refractivity contribution in [2.75, 3.05) is 13.2 Å². The van der Waals surface area contributed by atoms with Crippen LogP contribution in [-0.4, -0.2) is 18.8 Å². The van der Waals surface area contributed by atoms with Crippen molar-refractivity contribution in [1.29, 1.82) is 0 Å². The third-order valence-corrected chi connectivity index (χ3v) is 7.12. The number of unbranched alkanes of at least 4 members (excludes halogenated alkanes) is 16. The fraction of sp³-hybridized carbons (Fsp3) is 1.00. The molecule has 0 aliphatic rings. The van der Waals surface area contributed by atoms with E-state index in [0.717, 1.165) is 19.6 Å². The summed E-state index contributed by atoms with van der Waals surface area (Å²) in [6.45, 7) is 11.0. The molecular weight excluding hydrogens is 378 g/mol. The zero-order chi connectivity index (χ0) is 23.0. The number of nitrogens with two attached hydrogens (primary N) is 1. The summed E-state index contributed by atoms with van der Waals surface area (Å²) in [6, 6.07) is 0. The number of hydrogen-bond acceptors (Lipinski definition) is 2. The van der Waals surface area contributed by atoms with Gasteiger partial charge in [0.2, 0.25) is 0 Å². The van der Waals surface area contributed by atoms with Crippen LogP contribution in [-0.2, 0) is 4.74 Å². The highest BCUT2D eigenvalue weighted by atomic mass is 16.5. The first-order valence-electron chi connectivity index (χ1n) is 14.4. The van der Waals surface area contributed by atoms with Crippen molar-refractivity contribution in [3.8, 4) is 0 Å². The van der Waals surface area contributed by atoms with Gasteiger partial charge in [0.1, 0.15) is 0 Å². The molecule has 0 amide bonds. The summed E-state index contributed by atoms with van der Waals surface area (Å²) in [5, 5.41) is 0. The van der Waals surface area contributed by atoms with Gasteiger partial charge in [-0.15, -0.1) is 0 Å². The maximum absolute atomic E-state index is 6.44. The van der Waals surface area contributed by atoms with E-state index in [1.165, 1.54) is 128 Å². The van der Waals surface area contributed by atoms with Gasteiger partial charge < -0.3 is 10.5 Å². The average Bonchev–Trinajstić information content (AvgIpc) is 2.75. The molecular formula is C29H61NO. The highest BCUT2D eigenvalue weighted by molar-refractivity contribution is 4.80. The highest BCUT2D eigenvalue weighted by Gasteiger charge is 2.29. The van der Waals surface area contributed by atoms with E-state index in [1.54, 1.807) is 0 Å². The van der Waals surface area contributed by atoms with Crippen LogP contribution in [0.2, 0.25) is 0 Å². The van der Waals surface area contributed by atoms with E-state index in [2.05, 4.69) is 27.7 Å². The van der Waals surface area contributed by atoms with Gasteiger partial charge in [0, 0.05) is 6.61 Å². The van der Waals surface area contributed by atoms with Crippen molar-refractivity contribution in [3.63, 3.8) is 0 Å². The van der Waals surface area contributed by atoms with Crippen molar-refractivity contribution < 1.29 is 4.74 Å². The predicted molar refractivity (Wildman–Crippen MR) is 141 cm³/mol. The third kappa shape index (κ3) is 20.3. The summed E-state index contributed by atoms with van der Waals surface area (Å²) in [7, 11) is 0. The Bertz CT molecular complexity index is 342. The quantitative estimate of drug-likeness (QED) is 0.144. The summed E-state index contributed by atoms with van der Waals surface area (Å²) in [6.07, 6.45) is 28.7. The summed E-state index contributed by atoms with van der Waals surface area (Å²) >= 11 is 0. The van der Waals surface area contributed by atoms with E-state index in [0.29, 0.717) is 5.92 Å². The Labute approximate surface area is 197 Å². The van der Waals surface area contributed by atoms with Gasteiger partial charge in [-0.05, 0) is 52.0 Å². The molecule has 0 aliphatic carbocycles. The first kappa shape index (κ1) is 30.9. The standard InChI is InChI=1S/C29H61NO/c1-5-7-9-11-13-15-16-18-20-22-27-31-29(3,4)28(25-23-26-30)24-21-19-17-14-12-10-8-6-2/h28H,5-27,30H2,1-4H3. The van der Waals surface area contributed by atoms with Crippen molar-refractivity contribution in [2.24, 2.45) is 11.7 Å².